The summed E-state index contributed by atoms with van der Waals surface area (Å²) >= 11 is 0. The fourth-order valence-corrected chi connectivity index (χ4v) is 1.85. The molecule has 1 N–H and O–H groups in total. The smallest absolute Gasteiger partial charge is 0.0312 e. The molecular weight excluding hydrogens is 210 g/mol. The Bertz CT molecular complexity index is 434. The first-order valence-corrected chi connectivity index (χ1v) is 6.13. The summed E-state index contributed by atoms with van der Waals surface area (Å²) in [6.07, 6.45) is 9.23. The third-order valence-electron chi connectivity index (χ3n) is 2.67. The molecule has 0 unspecified atom stereocenters. The maximum Gasteiger partial charge on any atom is 0.0312 e. The molecule has 3 heteroatoms. The van der Waals surface area contributed by atoms with E-state index in [1.54, 1.807) is 6.20 Å². The predicted molar refractivity (Wildman–Crippen MR) is 69.5 cm³/mol. The lowest BCUT2D eigenvalue weighted by Crippen LogP contribution is -2.12. The molecule has 0 bridgehead atoms. The van der Waals surface area contributed by atoms with Crippen LogP contribution < -0.4 is 5.32 Å². The second-order valence-electron chi connectivity index (χ2n) is 4.22. The number of nitrogens with one attached hydrogen (secondary N) is 1. The number of hydrogen-bond acceptors (Lipinski definition) is 2. The van der Waals surface area contributed by atoms with Crippen LogP contribution in [0.3, 0.4) is 0 Å². The number of aryl methyl sites for hydroxylation is 1. The minimum Gasteiger partial charge on any atom is -0.354 e. The minimum atomic E-state index is 0.868. The van der Waals surface area contributed by atoms with Gasteiger partial charge in [0.15, 0.2) is 0 Å². The van der Waals surface area contributed by atoms with Crippen molar-refractivity contribution >= 4 is 0 Å². The van der Waals surface area contributed by atoms with Crippen LogP contribution in [0.1, 0.15) is 24.5 Å². The first kappa shape index (κ1) is 11.9. The van der Waals surface area contributed by atoms with E-state index in [-0.39, 0.29) is 0 Å². The van der Waals surface area contributed by atoms with Gasteiger partial charge in [-0.2, -0.15) is 0 Å². The summed E-state index contributed by atoms with van der Waals surface area (Å²) in [4.78, 5) is 4.09. The Morgan fingerprint density at radius 3 is 2.88 bits per heavy atom. The van der Waals surface area contributed by atoms with Crippen LogP contribution in [-0.4, -0.2) is 9.55 Å². The fraction of sp³-hybridized carbons (Fsp3) is 0.357. The van der Waals surface area contributed by atoms with Crippen molar-refractivity contribution in [3.8, 4) is 0 Å². The summed E-state index contributed by atoms with van der Waals surface area (Å²) in [5.74, 6) is 0. The Hall–Kier alpha value is -1.61. The summed E-state index contributed by atoms with van der Waals surface area (Å²) in [5, 5.41) is 3.42. The summed E-state index contributed by atoms with van der Waals surface area (Å²) in [5.41, 5.74) is 2.56. The Morgan fingerprint density at radius 1 is 1.24 bits per heavy atom. The summed E-state index contributed by atoms with van der Waals surface area (Å²) < 4.78 is 2.24. The SMILES string of the molecule is CCCn1ccc(CNCc2cccnc2)c1. The summed E-state index contributed by atoms with van der Waals surface area (Å²) in [6.45, 7) is 5.07. The highest BCUT2D eigenvalue weighted by molar-refractivity contribution is 5.11. The molecule has 0 amide bonds. The molecule has 0 aromatic carbocycles. The first-order chi connectivity index (χ1) is 8.38. The molecule has 3 nitrogen and oxygen atoms in total. The zero-order chi connectivity index (χ0) is 11.9. The van der Waals surface area contributed by atoms with Gasteiger partial charge < -0.3 is 9.88 Å². The third-order valence-corrected chi connectivity index (χ3v) is 2.67. The van der Waals surface area contributed by atoms with Crippen LogP contribution in [0.25, 0.3) is 0 Å². The molecule has 0 atom stereocenters. The Kier molecular flexibility index (Phi) is 4.33. The molecule has 2 rings (SSSR count). The monoisotopic (exact) mass is 229 g/mol. The molecule has 17 heavy (non-hydrogen) atoms. The lowest BCUT2D eigenvalue weighted by Gasteiger charge is -2.03. The number of nitrogens with zero attached hydrogens (tertiary/aromatic N) is 2. The van der Waals surface area contributed by atoms with Crippen molar-refractivity contribution in [3.05, 3.63) is 54.1 Å². The highest BCUT2D eigenvalue weighted by Gasteiger charge is 1.96. The summed E-state index contributed by atoms with van der Waals surface area (Å²) in [6, 6.07) is 6.23. The molecule has 0 spiro atoms. The number of hydrogen-bond donors (Lipinski definition) is 1. The van der Waals surface area contributed by atoms with E-state index in [0.29, 0.717) is 0 Å². The molecule has 2 aromatic heterocycles. The van der Waals surface area contributed by atoms with Crippen molar-refractivity contribution in [2.24, 2.45) is 0 Å². The van der Waals surface area contributed by atoms with Crippen molar-refractivity contribution in [3.63, 3.8) is 0 Å². The average molecular weight is 229 g/mol. The van der Waals surface area contributed by atoms with Gasteiger partial charge in [-0.3, -0.25) is 4.98 Å². The van der Waals surface area contributed by atoms with Crippen LogP contribution in [0.5, 0.6) is 0 Å². The highest BCUT2D eigenvalue weighted by Crippen LogP contribution is 2.03. The van der Waals surface area contributed by atoms with Gasteiger partial charge in [0.05, 0.1) is 0 Å². The summed E-state index contributed by atoms with van der Waals surface area (Å²) in [7, 11) is 0. The van der Waals surface area contributed by atoms with Crippen LogP contribution in [0.15, 0.2) is 43.0 Å². The lowest BCUT2D eigenvalue weighted by molar-refractivity contribution is 0.667. The van der Waals surface area contributed by atoms with E-state index in [0.717, 1.165) is 19.6 Å². The predicted octanol–water partition coefficient (Wildman–Crippen LogP) is 2.58. The van der Waals surface area contributed by atoms with Crippen LogP contribution in [0.4, 0.5) is 0 Å². The van der Waals surface area contributed by atoms with Crippen molar-refractivity contribution in [1.82, 2.24) is 14.9 Å². The molecular formula is C14H19N3. The number of aromatic nitrogens is 2. The molecule has 0 radical (unpaired) electrons. The molecule has 2 aromatic rings. The molecule has 0 aliphatic carbocycles. The van der Waals surface area contributed by atoms with Crippen LogP contribution in [-0.2, 0) is 19.6 Å². The van der Waals surface area contributed by atoms with Gasteiger partial charge in [0.2, 0.25) is 0 Å². The van der Waals surface area contributed by atoms with Gasteiger partial charge in [0.1, 0.15) is 0 Å². The molecule has 2 heterocycles. The van der Waals surface area contributed by atoms with E-state index in [1.165, 1.54) is 17.5 Å². The molecule has 0 saturated heterocycles. The molecule has 0 fully saturated rings. The van der Waals surface area contributed by atoms with Gasteiger partial charge in [0, 0.05) is 44.4 Å². The normalized spacial score (nSPS) is 10.6. The van der Waals surface area contributed by atoms with E-state index in [1.807, 2.05) is 12.3 Å². The first-order valence-electron chi connectivity index (χ1n) is 6.13. The maximum absolute atomic E-state index is 4.09. The van der Waals surface area contributed by atoms with Gasteiger partial charge in [0.25, 0.3) is 0 Å². The molecule has 0 saturated carbocycles. The van der Waals surface area contributed by atoms with Gasteiger partial charge in [-0.25, -0.2) is 0 Å². The lowest BCUT2D eigenvalue weighted by atomic mass is 10.3. The Labute approximate surface area is 103 Å². The maximum atomic E-state index is 4.09. The van der Waals surface area contributed by atoms with Crippen LogP contribution in [0, 0.1) is 0 Å². The van der Waals surface area contributed by atoms with Crippen molar-refractivity contribution in [1.29, 1.82) is 0 Å². The van der Waals surface area contributed by atoms with Crippen molar-refractivity contribution in [2.75, 3.05) is 0 Å². The molecule has 0 aliphatic heterocycles. The second-order valence-corrected chi connectivity index (χ2v) is 4.22. The van der Waals surface area contributed by atoms with Gasteiger partial charge in [-0.15, -0.1) is 0 Å². The zero-order valence-corrected chi connectivity index (χ0v) is 10.3. The Morgan fingerprint density at radius 2 is 2.12 bits per heavy atom. The third kappa shape index (κ3) is 3.71. The standard InChI is InChI=1S/C14H19N3/c1-2-7-17-8-5-14(12-17)11-16-10-13-4-3-6-15-9-13/h3-6,8-9,12,16H,2,7,10-11H2,1H3. The Balaban J connectivity index is 1.78. The van der Waals surface area contributed by atoms with E-state index < -0.39 is 0 Å². The quantitative estimate of drug-likeness (QED) is 0.825. The van der Waals surface area contributed by atoms with E-state index in [4.69, 9.17) is 0 Å². The van der Waals surface area contributed by atoms with Crippen LogP contribution in [0.2, 0.25) is 0 Å². The van der Waals surface area contributed by atoms with E-state index in [9.17, 15) is 0 Å². The molecule has 0 aliphatic rings. The van der Waals surface area contributed by atoms with E-state index >= 15 is 0 Å². The second kappa shape index (κ2) is 6.21. The van der Waals surface area contributed by atoms with E-state index in [2.05, 4.69) is 46.3 Å². The van der Waals surface area contributed by atoms with Crippen LogP contribution >= 0.6 is 0 Å². The topological polar surface area (TPSA) is 29.9 Å². The fourth-order valence-electron chi connectivity index (χ4n) is 1.85. The van der Waals surface area contributed by atoms with Crippen molar-refractivity contribution < 1.29 is 0 Å². The zero-order valence-electron chi connectivity index (χ0n) is 10.3. The number of pyridine rings is 1. The number of rotatable bonds is 6. The average Bonchev–Trinajstić information content (AvgIpc) is 2.79. The van der Waals surface area contributed by atoms with Gasteiger partial charge >= 0.3 is 0 Å². The highest BCUT2D eigenvalue weighted by atomic mass is 14.9. The molecule has 90 valence electrons. The van der Waals surface area contributed by atoms with Gasteiger partial charge in [-0.05, 0) is 29.7 Å². The van der Waals surface area contributed by atoms with Gasteiger partial charge in [-0.1, -0.05) is 13.0 Å². The largest absolute Gasteiger partial charge is 0.354 e. The van der Waals surface area contributed by atoms with Crippen molar-refractivity contribution in [2.45, 2.75) is 33.0 Å². The minimum absolute atomic E-state index is 0.868.